The number of ether oxygens (including phenoxy) is 2. The van der Waals surface area contributed by atoms with Crippen LogP contribution in [0.15, 0.2) is 28.7 Å². The van der Waals surface area contributed by atoms with E-state index in [0.29, 0.717) is 26.4 Å². The summed E-state index contributed by atoms with van der Waals surface area (Å²) in [7, 11) is 1.68. The molecule has 0 atom stereocenters. The first-order valence-corrected chi connectivity index (χ1v) is 7.32. The largest absolute Gasteiger partial charge is 0.459 e. The van der Waals surface area contributed by atoms with E-state index in [-0.39, 0.29) is 5.54 Å². The van der Waals surface area contributed by atoms with Crippen LogP contribution in [0.25, 0.3) is 11.0 Å². The van der Waals surface area contributed by atoms with Crippen LogP contribution >= 0.6 is 0 Å². The van der Waals surface area contributed by atoms with Gasteiger partial charge < -0.3 is 19.2 Å². The number of methoxy groups -OCH3 is 1. The molecule has 0 bridgehead atoms. The van der Waals surface area contributed by atoms with E-state index in [2.05, 4.69) is 32.2 Å². The Kier molecular flexibility index (Phi) is 5.39. The smallest absolute Gasteiger partial charge is 0.134 e. The van der Waals surface area contributed by atoms with Crippen molar-refractivity contribution in [3.05, 3.63) is 35.6 Å². The van der Waals surface area contributed by atoms with E-state index < -0.39 is 0 Å². The first kappa shape index (κ1) is 16.0. The summed E-state index contributed by atoms with van der Waals surface area (Å²) in [5, 5.41) is 4.59. The first-order valence-electron chi connectivity index (χ1n) is 7.32. The Bertz CT molecular complexity index is 569. The highest BCUT2D eigenvalue weighted by Gasteiger charge is 2.16. The van der Waals surface area contributed by atoms with Crippen molar-refractivity contribution < 1.29 is 13.9 Å². The van der Waals surface area contributed by atoms with Gasteiger partial charge in [-0.15, -0.1) is 0 Å². The van der Waals surface area contributed by atoms with Gasteiger partial charge in [0.15, 0.2) is 0 Å². The van der Waals surface area contributed by atoms with Gasteiger partial charge in [-0.1, -0.05) is 18.2 Å². The highest BCUT2D eigenvalue weighted by molar-refractivity contribution is 5.82. The molecule has 2 rings (SSSR count). The van der Waals surface area contributed by atoms with E-state index in [1.165, 1.54) is 0 Å². The molecule has 0 radical (unpaired) electrons. The van der Waals surface area contributed by atoms with Crippen molar-refractivity contribution in [2.45, 2.75) is 39.5 Å². The van der Waals surface area contributed by atoms with Crippen LogP contribution < -0.4 is 5.32 Å². The minimum Gasteiger partial charge on any atom is -0.459 e. The second kappa shape index (κ2) is 7.07. The van der Waals surface area contributed by atoms with E-state index >= 15 is 0 Å². The van der Waals surface area contributed by atoms with E-state index in [0.717, 1.165) is 22.3 Å². The number of para-hydroxylation sites is 1. The molecule has 1 aromatic heterocycles. The number of hydrogen-bond donors (Lipinski definition) is 1. The topological polar surface area (TPSA) is 43.6 Å². The molecule has 1 aromatic carbocycles. The van der Waals surface area contributed by atoms with Crippen LogP contribution in [0.2, 0.25) is 0 Å². The van der Waals surface area contributed by atoms with Gasteiger partial charge in [-0.2, -0.15) is 0 Å². The summed E-state index contributed by atoms with van der Waals surface area (Å²) in [6.07, 6.45) is 0. The Balaban J connectivity index is 2.17. The van der Waals surface area contributed by atoms with Crippen LogP contribution in [0.3, 0.4) is 0 Å². The van der Waals surface area contributed by atoms with Gasteiger partial charge in [0.05, 0.1) is 26.4 Å². The molecule has 0 spiro atoms. The fourth-order valence-electron chi connectivity index (χ4n) is 2.11. The molecule has 21 heavy (non-hydrogen) atoms. The van der Waals surface area contributed by atoms with Gasteiger partial charge in [-0.3, -0.25) is 0 Å². The fraction of sp³-hybridized carbons (Fsp3) is 0.529. The predicted molar refractivity (Wildman–Crippen MR) is 84.3 cm³/mol. The molecular weight excluding hydrogens is 266 g/mol. The summed E-state index contributed by atoms with van der Waals surface area (Å²) in [6, 6.07) is 8.09. The van der Waals surface area contributed by atoms with E-state index in [4.69, 9.17) is 13.9 Å². The lowest BCUT2D eigenvalue weighted by molar-refractivity contribution is 0.0613. The average molecular weight is 291 g/mol. The van der Waals surface area contributed by atoms with Gasteiger partial charge in [0.25, 0.3) is 0 Å². The van der Waals surface area contributed by atoms with Crippen LogP contribution in [0.1, 0.15) is 32.1 Å². The van der Waals surface area contributed by atoms with Gasteiger partial charge in [0, 0.05) is 23.6 Å². The predicted octanol–water partition coefficient (Wildman–Crippen LogP) is 3.48. The number of rotatable bonds is 7. The Hall–Kier alpha value is -1.36. The third kappa shape index (κ3) is 4.56. The molecule has 4 nitrogen and oxygen atoms in total. The van der Waals surface area contributed by atoms with E-state index in [1.807, 2.05) is 18.2 Å². The molecule has 0 aliphatic carbocycles. The van der Waals surface area contributed by atoms with Gasteiger partial charge in [-0.05, 0) is 26.8 Å². The fourth-order valence-corrected chi connectivity index (χ4v) is 2.11. The van der Waals surface area contributed by atoms with Crippen LogP contribution in [0.4, 0.5) is 0 Å². The minimum atomic E-state index is 0.0488. The van der Waals surface area contributed by atoms with Crippen molar-refractivity contribution >= 4 is 11.0 Å². The number of nitrogens with one attached hydrogen (secondary N) is 1. The van der Waals surface area contributed by atoms with Crippen LogP contribution in [-0.2, 0) is 22.6 Å². The normalized spacial score (nSPS) is 12.2. The molecule has 0 aliphatic heterocycles. The monoisotopic (exact) mass is 291 g/mol. The van der Waals surface area contributed by atoms with Crippen molar-refractivity contribution in [3.8, 4) is 0 Å². The maximum absolute atomic E-state index is 5.98. The molecule has 0 saturated heterocycles. The van der Waals surface area contributed by atoms with Crippen molar-refractivity contribution in [3.63, 3.8) is 0 Å². The van der Waals surface area contributed by atoms with Gasteiger partial charge in [0.1, 0.15) is 11.3 Å². The third-order valence-corrected chi connectivity index (χ3v) is 3.24. The Morgan fingerprint density at radius 1 is 1.14 bits per heavy atom. The highest BCUT2D eigenvalue weighted by atomic mass is 16.5. The molecule has 0 unspecified atom stereocenters. The molecular formula is C17H25NO3. The molecule has 0 aliphatic rings. The lowest BCUT2D eigenvalue weighted by atomic mass is 10.1. The molecule has 0 fully saturated rings. The maximum atomic E-state index is 5.98. The zero-order valence-corrected chi connectivity index (χ0v) is 13.4. The summed E-state index contributed by atoms with van der Waals surface area (Å²) in [6.45, 7) is 8.86. The lowest BCUT2D eigenvalue weighted by Gasteiger charge is -2.20. The Morgan fingerprint density at radius 2 is 1.90 bits per heavy atom. The molecule has 1 heterocycles. The lowest BCUT2D eigenvalue weighted by Crippen LogP contribution is -2.35. The number of hydrogen-bond acceptors (Lipinski definition) is 4. The average Bonchev–Trinajstić information content (AvgIpc) is 2.79. The van der Waals surface area contributed by atoms with Crippen molar-refractivity contribution in [2.24, 2.45) is 0 Å². The summed E-state index contributed by atoms with van der Waals surface area (Å²) < 4.78 is 16.7. The molecule has 116 valence electrons. The SMILES string of the molecule is COCCOCc1c(CNC(C)(C)C)oc2ccccc12. The third-order valence-electron chi connectivity index (χ3n) is 3.24. The van der Waals surface area contributed by atoms with E-state index in [1.54, 1.807) is 7.11 Å². The standard InChI is InChI=1S/C17H25NO3/c1-17(2,3)18-11-16-14(12-20-10-9-19-4)13-7-5-6-8-15(13)21-16/h5-8,18H,9-12H2,1-4H3. The summed E-state index contributed by atoms with van der Waals surface area (Å²) in [5.74, 6) is 0.948. The maximum Gasteiger partial charge on any atom is 0.134 e. The second-order valence-electron chi connectivity index (χ2n) is 6.15. The second-order valence-corrected chi connectivity index (χ2v) is 6.15. The van der Waals surface area contributed by atoms with E-state index in [9.17, 15) is 0 Å². The molecule has 0 amide bonds. The number of fused-ring (bicyclic) bond motifs is 1. The van der Waals surface area contributed by atoms with Gasteiger partial charge >= 0.3 is 0 Å². The van der Waals surface area contributed by atoms with Gasteiger partial charge in [-0.25, -0.2) is 0 Å². The van der Waals surface area contributed by atoms with Crippen molar-refractivity contribution in [1.29, 1.82) is 0 Å². The Morgan fingerprint density at radius 3 is 2.62 bits per heavy atom. The summed E-state index contributed by atoms with van der Waals surface area (Å²) in [4.78, 5) is 0. The number of benzene rings is 1. The molecule has 2 aromatic rings. The molecule has 4 heteroatoms. The summed E-state index contributed by atoms with van der Waals surface area (Å²) >= 11 is 0. The quantitative estimate of drug-likeness (QED) is 0.793. The summed E-state index contributed by atoms with van der Waals surface area (Å²) in [5.41, 5.74) is 2.08. The van der Waals surface area contributed by atoms with Gasteiger partial charge in [0.2, 0.25) is 0 Å². The molecule has 0 saturated carbocycles. The zero-order chi connectivity index (χ0) is 15.3. The van der Waals surface area contributed by atoms with Crippen LogP contribution in [0, 0.1) is 0 Å². The van der Waals surface area contributed by atoms with Crippen LogP contribution in [-0.4, -0.2) is 25.9 Å². The minimum absolute atomic E-state index is 0.0488. The number of furan rings is 1. The molecule has 1 N–H and O–H groups in total. The van der Waals surface area contributed by atoms with Crippen LogP contribution in [0.5, 0.6) is 0 Å². The van der Waals surface area contributed by atoms with Crippen molar-refractivity contribution in [1.82, 2.24) is 5.32 Å². The Labute approximate surface area is 126 Å². The first-order chi connectivity index (χ1) is 10.0. The van der Waals surface area contributed by atoms with Crippen molar-refractivity contribution in [2.75, 3.05) is 20.3 Å². The highest BCUT2D eigenvalue weighted by Crippen LogP contribution is 2.27. The zero-order valence-electron chi connectivity index (χ0n) is 13.4.